The molecule has 0 aliphatic carbocycles. The molecular formula is C14H19N3OS. The van der Waals surface area contributed by atoms with E-state index in [0.29, 0.717) is 0 Å². The molecule has 1 heterocycles. The predicted molar refractivity (Wildman–Crippen MR) is 77.7 cm³/mol. The van der Waals surface area contributed by atoms with Crippen molar-refractivity contribution in [3.63, 3.8) is 0 Å². The Labute approximate surface area is 117 Å². The SMILES string of the molecule is COc1cccc(Sc2cc(C)nn2C)c1[C@@H](C)N. The summed E-state index contributed by atoms with van der Waals surface area (Å²) in [5.41, 5.74) is 8.12. The molecule has 2 N–H and O–H groups in total. The molecular weight excluding hydrogens is 258 g/mol. The zero-order chi connectivity index (χ0) is 14.0. The van der Waals surface area contributed by atoms with Crippen LogP contribution in [0, 0.1) is 6.92 Å². The molecule has 4 nitrogen and oxygen atoms in total. The number of benzene rings is 1. The lowest BCUT2D eigenvalue weighted by atomic mass is 10.1. The number of ether oxygens (including phenoxy) is 1. The fourth-order valence-corrected chi connectivity index (χ4v) is 3.21. The zero-order valence-corrected chi connectivity index (χ0v) is 12.5. The molecule has 0 saturated heterocycles. The van der Waals surface area contributed by atoms with Gasteiger partial charge in [-0.25, -0.2) is 0 Å². The van der Waals surface area contributed by atoms with E-state index in [1.165, 1.54) is 0 Å². The molecule has 0 saturated carbocycles. The first-order chi connectivity index (χ1) is 9.02. The summed E-state index contributed by atoms with van der Waals surface area (Å²) in [5, 5.41) is 5.45. The maximum absolute atomic E-state index is 6.07. The van der Waals surface area contributed by atoms with Crippen LogP contribution in [0.4, 0.5) is 0 Å². The number of hydrogen-bond donors (Lipinski definition) is 1. The molecule has 0 aliphatic heterocycles. The van der Waals surface area contributed by atoms with Crippen LogP contribution in [0.25, 0.3) is 0 Å². The number of nitrogens with two attached hydrogens (primary N) is 1. The minimum Gasteiger partial charge on any atom is -0.496 e. The normalized spacial score (nSPS) is 12.5. The predicted octanol–water partition coefficient (Wildman–Crippen LogP) is 2.91. The van der Waals surface area contributed by atoms with Crippen LogP contribution in [-0.4, -0.2) is 16.9 Å². The van der Waals surface area contributed by atoms with Crippen molar-refractivity contribution in [2.24, 2.45) is 12.8 Å². The van der Waals surface area contributed by atoms with Gasteiger partial charge in [0.2, 0.25) is 0 Å². The number of rotatable bonds is 4. The quantitative estimate of drug-likeness (QED) is 0.933. The van der Waals surface area contributed by atoms with Crippen LogP contribution >= 0.6 is 11.8 Å². The Morgan fingerprint density at radius 2 is 2.16 bits per heavy atom. The topological polar surface area (TPSA) is 53.1 Å². The number of aromatic nitrogens is 2. The van der Waals surface area contributed by atoms with Gasteiger partial charge >= 0.3 is 0 Å². The van der Waals surface area contributed by atoms with E-state index in [2.05, 4.69) is 17.2 Å². The van der Waals surface area contributed by atoms with Crippen LogP contribution in [0.1, 0.15) is 24.2 Å². The third-order valence-corrected chi connectivity index (χ3v) is 4.04. The van der Waals surface area contributed by atoms with Gasteiger partial charge in [-0.1, -0.05) is 17.8 Å². The largest absolute Gasteiger partial charge is 0.496 e. The standard InChI is InChI=1S/C14H19N3OS/c1-9-8-13(17(3)16-9)19-12-7-5-6-11(18-4)14(12)10(2)15/h5-8,10H,15H2,1-4H3/t10-/m1/s1. The molecule has 1 atom stereocenters. The minimum absolute atomic E-state index is 0.0759. The molecule has 0 unspecified atom stereocenters. The lowest BCUT2D eigenvalue weighted by Gasteiger charge is -2.16. The fourth-order valence-electron chi connectivity index (χ4n) is 2.03. The molecule has 19 heavy (non-hydrogen) atoms. The highest BCUT2D eigenvalue weighted by molar-refractivity contribution is 7.99. The third-order valence-electron chi connectivity index (χ3n) is 2.87. The van der Waals surface area contributed by atoms with Gasteiger partial charge in [0.1, 0.15) is 5.75 Å². The second-order valence-corrected chi connectivity index (χ2v) is 5.57. The monoisotopic (exact) mass is 277 g/mol. The van der Waals surface area contributed by atoms with E-state index >= 15 is 0 Å². The summed E-state index contributed by atoms with van der Waals surface area (Å²) in [4.78, 5) is 1.11. The van der Waals surface area contributed by atoms with Gasteiger partial charge < -0.3 is 10.5 Å². The highest BCUT2D eigenvalue weighted by atomic mass is 32.2. The van der Waals surface area contributed by atoms with Crippen molar-refractivity contribution in [3.8, 4) is 5.75 Å². The average molecular weight is 277 g/mol. The third kappa shape index (κ3) is 2.93. The fraction of sp³-hybridized carbons (Fsp3) is 0.357. The Morgan fingerprint density at radius 3 is 2.68 bits per heavy atom. The summed E-state index contributed by atoms with van der Waals surface area (Å²) in [5.74, 6) is 0.832. The summed E-state index contributed by atoms with van der Waals surface area (Å²) >= 11 is 1.66. The lowest BCUT2D eigenvalue weighted by molar-refractivity contribution is 0.405. The van der Waals surface area contributed by atoms with Crippen molar-refractivity contribution in [2.75, 3.05) is 7.11 Å². The zero-order valence-electron chi connectivity index (χ0n) is 11.7. The molecule has 1 aromatic heterocycles. The van der Waals surface area contributed by atoms with Gasteiger partial charge in [-0.15, -0.1) is 0 Å². The van der Waals surface area contributed by atoms with Gasteiger partial charge in [0.25, 0.3) is 0 Å². The Balaban J connectivity index is 2.42. The van der Waals surface area contributed by atoms with Crippen LogP contribution in [0.5, 0.6) is 5.75 Å². The van der Waals surface area contributed by atoms with Crippen molar-refractivity contribution in [3.05, 3.63) is 35.5 Å². The van der Waals surface area contributed by atoms with E-state index in [4.69, 9.17) is 10.5 Å². The highest BCUT2D eigenvalue weighted by Gasteiger charge is 2.15. The summed E-state index contributed by atoms with van der Waals surface area (Å²) in [6.45, 7) is 3.96. The summed E-state index contributed by atoms with van der Waals surface area (Å²) < 4.78 is 7.28. The van der Waals surface area contributed by atoms with Crippen molar-refractivity contribution in [2.45, 2.75) is 29.8 Å². The number of methoxy groups -OCH3 is 1. The molecule has 0 radical (unpaired) electrons. The molecule has 5 heteroatoms. The lowest BCUT2D eigenvalue weighted by Crippen LogP contribution is -2.08. The van der Waals surface area contributed by atoms with Gasteiger partial charge in [-0.05, 0) is 32.0 Å². The van der Waals surface area contributed by atoms with Crippen LogP contribution in [0.3, 0.4) is 0 Å². The Bertz CT molecular complexity index is 578. The number of aryl methyl sites for hydroxylation is 2. The van der Waals surface area contributed by atoms with Gasteiger partial charge in [0.15, 0.2) is 0 Å². The molecule has 102 valence electrons. The maximum atomic E-state index is 6.07. The van der Waals surface area contributed by atoms with Gasteiger partial charge in [-0.2, -0.15) is 5.10 Å². The van der Waals surface area contributed by atoms with Crippen molar-refractivity contribution in [1.29, 1.82) is 0 Å². The highest BCUT2D eigenvalue weighted by Crippen LogP contribution is 2.37. The second kappa shape index (κ2) is 5.67. The molecule has 2 rings (SSSR count). The Hall–Kier alpha value is -1.46. The first-order valence-electron chi connectivity index (χ1n) is 6.14. The molecule has 0 amide bonds. The minimum atomic E-state index is -0.0759. The molecule has 2 aromatic rings. The number of hydrogen-bond acceptors (Lipinski definition) is 4. The second-order valence-electron chi connectivity index (χ2n) is 4.51. The Kier molecular flexibility index (Phi) is 4.17. The van der Waals surface area contributed by atoms with Crippen molar-refractivity contribution >= 4 is 11.8 Å². The van der Waals surface area contributed by atoms with E-state index in [1.807, 2.05) is 37.7 Å². The summed E-state index contributed by atoms with van der Waals surface area (Å²) in [7, 11) is 3.62. The smallest absolute Gasteiger partial charge is 0.124 e. The van der Waals surface area contributed by atoms with Crippen LogP contribution in [-0.2, 0) is 7.05 Å². The van der Waals surface area contributed by atoms with Crippen LogP contribution in [0.2, 0.25) is 0 Å². The van der Waals surface area contributed by atoms with E-state index < -0.39 is 0 Å². The van der Waals surface area contributed by atoms with Gasteiger partial charge in [0, 0.05) is 23.5 Å². The van der Waals surface area contributed by atoms with E-state index in [-0.39, 0.29) is 6.04 Å². The molecule has 0 bridgehead atoms. The number of nitrogens with zero attached hydrogens (tertiary/aromatic N) is 2. The van der Waals surface area contributed by atoms with E-state index in [9.17, 15) is 0 Å². The maximum Gasteiger partial charge on any atom is 0.124 e. The van der Waals surface area contributed by atoms with Gasteiger partial charge in [0.05, 0.1) is 17.8 Å². The summed E-state index contributed by atoms with van der Waals surface area (Å²) in [6, 6.07) is 7.98. The van der Waals surface area contributed by atoms with E-state index in [0.717, 1.165) is 26.9 Å². The first-order valence-corrected chi connectivity index (χ1v) is 6.95. The first kappa shape index (κ1) is 14.0. The molecule has 0 fully saturated rings. The molecule has 0 spiro atoms. The van der Waals surface area contributed by atoms with Crippen molar-refractivity contribution < 1.29 is 4.74 Å². The molecule has 1 aromatic carbocycles. The van der Waals surface area contributed by atoms with Gasteiger partial charge in [-0.3, -0.25) is 4.68 Å². The van der Waals surface area contributed by atoms with Crippen LogP contribution < -0.4 is 10.5 Å². The summed E-state index contributed by atoms with van der Waals surface area (Å²) in [6.07, 6.45) is 0. The molecule has 0 aliphatic rings. The van der Waals surface area contributed by atoms with Crippen LogP contribution in [0.15, 0.2) is 34.2 Å². The van der Waals surface area contributed by atoms with Crippen molar-refractivity contribution in [1.82, 2.24) is 9.78 Å². The Morgan fingerprint density at radius 1 is 1.42 bits per heavy atom. The van der Waals surface area contributed by atoms with E-state index in [1.54, 1.807) is 18.9 Å². The average Bonchev–Trinajstić information content (AvgIpc) is 2.67.